The number of terminal acetylenes is 1. The second-order valence-electron chi connectivity index (χ2n) is 5.50. The number of anilines is 1. The Kier molecular flexibility index (Phi) is 4.86. The van der Waals surface area contributed by atoms with Crippen LogP contribution in [0, 0.1) is 19.3 Å². The molecule has 2 amide bonds. The average molecular weight is 306 g/mol. The summed E-state index contributed by atoms with van der Waals surface area (Å²) >= 11 is 1.39. The second kappa shape index (κ2) is 6.46. The van der Waals surface area contributed by atoms with Crippen LogP contribution in [-0.2, 0) is 6.42 Å². The molecule has 1 fully saturated rings. The molecule has 0 spiro atoms. The van der Waals surface area contributed by atoms with Gasteiger partial charge in [-0.25, -0.2) is 4.79 Å². The monoisotopic (exact) mass is 306 g/mol. The lowest BCUT2D eigenvalue weighted by atomic mass is 10.2. The summed E-state index contributed by atoms with van der Waals surface area (Å²) in [5, 5.41) is 0.934. The highest BCUT2D eigenvalue weighted by Crippen LogP contribution is 2.31. The summed E-state index contributed by atoms with van der Waals surface area (Å²) < 4.78 is 4.46. The van der Waals surface area contributed by atoms with Gasteiger partial charge in [0.2, 0.25) is 0 Å². The minimum atomic E-state index is 0.0349. The lowest BCUT2D eigenvalue weighted by Gasteiger charge is -2.42. The van der Waals surface area contributed by atoms with Crippen molar-refractivity contribution >= 4 is 22.6 Å². The predicted molar refractivity (Wildman–Crippen MR) is 86.4 cm³/mol. The molecule has 1 aliphatic heterocycles. The highest BCUT2D eigenvalue weighted by molar-refractivity contribution is 7.10. The Morgan fingerprint density at radius 1 is 1.43 bits per heavy atom. The summed E-state index contributed by atoms with van der Waals surface area (Å²) in [4.78, 5) is 18.4. The van der Waals surface area contributed by atoms with E-state index in [1.54, 1.807) is 4.90 Å². The molecule has 0 bridgehead atoms. The smallest absolute Gasteiger partial charge is 0.309 e. The number of carbonyl (C=O) groups is 1. The van der Waals surface area contributed by atoms with Crippen molar-refractivity contribution < 1.29 is 4.79 Å². The topological polar surface area (TPSA) is 39.7 Å². The first-order chi connectivity index (χ1) is 9.99. The first kappa shape index (κ1) is 15.8. The van der Waals surface area contributed by atoms with Crippen LogP contribution in [0.1, 0.15) is 32.0 Å². The molecular weight excluding hydrogens is 284 g/mol. The zero-order chi connectivity index (χ0) is 15.6. The highest BCUT2D eigenvalue weighted by atomic mass is 32.1. The van der Waals surface area contributed by atoms with E-state index in [2.05, 4.69) is 22.1 Å². The van der Waals surface area contributed by atoms with Crippen molar-refractivity contribution in [2.24, 2.45) is 0 Å². The molecule has 0 radical (unpaired) electrons. The number of aryl methyl sites for hydroxylation is 1. The van der Waals surface area contributed by atoms with Crippen LogP contribution in [0.4, 0.5) is 9.80 Å². The molecule has 2 rings (SSSR count). The second-order valence-corrected chi connectivity index (χ2v) is 6.25. The summed E-state index contributed by atoms with van der Waals surface area (Å²) in [5.74, 6) is 2.66. The quantitative estimate of drug-likeness (QED) is 0.803. The lowest BCUT2D eigenvalue weighted by molar-refractivity contribution is 0.107. The van der Waals surface area contributed by atoms with E-state index in [-0.39, 0.29) is 12.1 Å². The molecule has 21 heavy (non-hydrogen) atoms. The Labute approximate surface area is 130 Å². The van der Waals surface area contributed by atoms with Crippen LogP contribution in [0.2, 0.25) is 0 Å². The molecule has 0 aromatic carbocycles. The molecule has 0 saturated carbocycles. The zero-order valence-corrected chi connectivity index (χ0v) is 13.9. The van der Waals surface area contributed by atoms with Gasteiger partial charge in [-0.15, -0.1) is 6.42 Å². The number of carbonyl (C=O) groups excluding carboxylic acids is 1. The standard InChI is InChI=1S/C15H22N4OS/c1-6-8-17-9-18(11(3)4)15(20)19(10-17)14-12(5)13(7-2)16-21-14/h1,11H,7-10H2,2-5H3. The molecule has 0 unspecified atom stereocenters. The number of hydrogen-bond acceptors (Lipinski definition) is 4. The minimum absolute atomic E-state index is 0.0349. The third-order valence-electron chi connectivity index (χ3n) is 3.68. The maximum Gasteiger partial charge on any atom is 0.327 e. The van der Waals surface area contributed by atoms with Crippen LogP contribution in [0.25, 0.3) is 0 Å². The van der Waals surface area contributed by atoms with Gasteiger partial charge in [-0.2, -0.15) is 4.37 Å². The third kappa shape index (κ3) is 3.04. The van der Waals surface area contributed by atoms with Crippen molar-refractivity contribution in [1.82, 2.24) is 14.2 Å². The van der Waals surface area contributed by atoms with Crippen molar-refractivity contribution in [2.75, 3.05) is 24.8 Å². The van der Waals surface area contributed by atoms with Gasteiger partial charge in [0.05, 0.1) is 25.6 Å². The van der Waals surface area contributed by atoms with Gasteiger partial charge in [-0.05, 0) is 38.7 Å². The van der Waals surface area contributed by atoms with Crippen LogP contribution in [0.15, 0.2) is 0 Å². The molecule has 1 aromatic rings. The van der Waals surface area contributed by atoms with Gasteiger partial charge in [0, 0.05) is 11.6 Å². The largest absolute Gasteiger partial charge is 0.327 e. The fourth-order valence-corrected chi connectivity index (χ4v) is 3.39. The van der Waals surface area contributed by atoms with Crippen molar-refractivity contribution in [3.8, 4) is 12.3 Å². The third-order valence-corrected chi connectivity index (χ3v) is 4.70. The van der Waals surface area contributed by atoms with Gasteiger partial charge in [-0.3, -0.25) is 9.80 Å². The van der Waals surface area contributed by atoms with Crippen LogP contribution in [0.3, 0.4) is 0 Å². The van der Waals surface area contributed by atoms with E-state index in [9.17, 15) is 4.79 Å². The van der Waals surface area contributed by atoms with Gasteiger partial charge >= 0.3 is 6.03 Å². The number of urea groups is 1. The predicted octanol–water partition coefficient (Wildman–Crippen LogP) is 2.51. The SMILES string of the molecule is C#CCN1CN(c2snc(CC)c2C)C(=O)N(C(C)C)C1. The van der Waals surface area contributed by atoms with Crippen LogP contribution < -0.4 is 4.90 Å². The Morgan fingerprint density at radius 3 is 2.67 bits per heavy atom. The van der Waals surface area contributed by atoms with E-state index in [1.165, 1.54) is 11.5 Å². The van der Waals surface area contributed by atoms with E-state index in [0.717, 1.165) is 22.7 Å². The first-order valence-corrected chi connectivity index (χ1v) is 7.96. The maximum absolute atomic E-state index is 12.7. The molecule has 1 saturated heterocycles. The Balaban J connectivity index is 2.33. The van der Waals surface area contributed by atoms with E-state index in [0.29, 0.717) is 19.9 Å². The molecule has 0 aliphatic carbocycles. The fourth-order valence-electron chi connectivity index (χ4n) is 2.44. The summed E-state index contributed by atoms with van der Waals surface area (Å²) in [6.45, 7) is 9.79. The van der Waals surface area contributed by atoms with Crippen LogP contribution in [0.5, 0.6) is 0 Å². The fraction of sp³-hybridized carbons (Fsp3) is 0.600. The molecule has 1 aromatic heterocycles. The molecule has 5 nitrogen and oxygen atoms in total. The van der Waals surface area contributed by atoms with E-state index >= 15 is 0 Å². The molecular formula is C15H22N4OS. The minimum Gasteiger partial charge on any atom is -0.309 e. The molecule has 1 aliphatic rings. The van der Waals surface area contributed by atoms with Crippen molar-refractivity contribution in [2.45, 2.75) is 40.2 Å². The molecule has 114 valence electrons. The maximum atomic E-state index is 12.7. The Hall–Kier alpha value is -1.58. The number of nitrogens with zero attached hydrogens (tertiary/aromatic N) is 4. The van der Waals surface area contributed by atoms with Gasteiger partial charge in [0.25, 0.3) is 0 Å². The Bertz CT molecular complexity index is 561. The molecule has 6 heteroatoms. The average Bonchev–Trinajstić information content (AvgIpc) is 2.81. The number of aromatic nitrogens is 1. The normalized spacial score (nSPS) is 16.7. The van der Waals surface area contributed by atoms with Gasteiger partial charge in [0.1, 0.15) is 5.00 Å². The number of rotatable bonds is 4. The molecule has 0 N–H and O–H groups in total. The van der Waals surface area contributed by atoms with Gasteiger partial charge in [0.15, 0.2) is 0 Å². The molecule has 0 atom stereocenters. The van der Waals surface area contributed by atoms with Crippen LogP contribution >= 0.6 is 11.5 Å². The highest BCUT2D eigenvalue weighted by Gasteiger charge is 2.34. The zero-order valence-electron chi connectivity index (χ0n) is 13.1. The first-order valence-electron chi connectivity index (χ1n) is 7.18. The summed E-state index contributed by atoms with van der Waals surface area (Å²) in [6, 6.07) is 0.173. The lowest BCUT2D eigenvalue weighted by Crippen LogP contribution is -2.60. The summed E-state index contributed by atoms with van der Waals surface area (Å²) in [5.41, 5.74) is 2.16. The van der Waals surface area contributed by atoms with Crippen molar-refractivity contribution in [3.63, 3.8) is 0 Å². The number of hydrogen-bond donors (Lipinski definition) is 0. The number of amides is 2. The van der Waals surface area contributed by atoms with E-state index < -0.39 is 0 Å². The van der Waals surface area contributed by atoms with Crippen molar-refractivity contribution in [1.29, 1.82) is 0 Å². The molecule has 2 heterocycles. The van der Waals surface area contributed by atoms with Gasteiger partial charge < -0.3 is 4.90 Å². The van der Waals surface area contributed by atoms with Crippen LogP contribution in [-0.4, -0.2) is 46.1 Å². The van der Waals surface area contributed by atoms with E-state index in [4.69, 9.17) is 6.42 Å². The summed E-state index contributed by atoms with van der Waals surface area (Å²) in [6.07, 6.45) is 6.31. The van der Waals surface area contributed by atoms with Gasteiger partial charge in [-0.1, -0.05) is 12.8 Å². The van der Waals surface area contributed by atoms with E-state index in [1.807, 2.05) is 25.7 Å². The Morgan fingerprint density at radius 2 is 2.14 bits per heavy atom. The summed E-state index contributed by atoms with van der Waals surface area (Å²) in [7, 11) is 0. The van der Waals surface area contributed by atoms with Crippen molar-refractivity contribution in [3.05, 3.63) is 11.3 Å².